The SMILES string of the molecule is CCOc1c(C/C=C(\C)CO)c(OC)c(C)c2c1C(=O)OC2. The molecule has 0 atom stereocenters. The van der Waals surface area contributed by atoms with Crippen LogP contribution >= 0.6 is 0 Å². The van der Waals surface area contributed by atoms with Crippen molar-refractivity contribution >= 4 is 5.97 Å². The standard InChI is InChI=1S/C17H22O5/c1-5-21-16-12(7-6-10(2)8-18)15(20-4)11(3)13-9-22-17(19)14(13)16/h6,18H,5,7-9H2,1-4H3/b10-6+. The second kappa shape index (κ2) is 6.83. The smallest absolute Gasteiger partial charge is 0.342 e. The molecule has 1 aliphatic rings. The largest absolute Gasteiger partial charge is 0.496 e. The molecule has 0 amide bonds. The first kappa shape index (κ1) is 16.4. The summed E-state index contributed by atoms with van der Waals surface area (Å²) in [4.78, 5) is 12.1. The monoisotopic (exact) mass is 306 g/mol. The van der Waals surface area contributed by atoms with E-state index in [9.17, 15) is 4.79 Å². The van der Waals surface area contributed by atoms with Crippen LogP contribution in [-0.2, 0) is 17.8 Å². The Morgan fingerprint density at radius 3 is 2.73 bits per heavy atom. The molecule has 120 valence electrons. The van der Waals surface area contributed by atoms with Gasteiger partial charge >= 0.3 is 5.97 Å². The van der Waals surface area contributed by atoms with Crippen molar-refractivity contribution in [3.63, 3.8) is 0 Å². The molecule has 5 nitrogen and oxygen atoms in total. The third kappa shape index (κ3) is 2.81. The first-order valence-corrected chi connectivity index (χ1v) is 7.33. The number of hydrogen-bond acceptors (Lipinski definition) is 5. The van der Waals surface area contributed by atoms with Gasteiger partial charge in [0.05, 0.1) is 20.3 Å². The lowest BCUT2D eigenvalue weighted by Gasteiger charge is -2.19. The van der Waals surface area contributed by atoms with E-state index in [1.54, 1.807) is 7.11 Å². The van der Waals surface area contributed by atoms with E-state index in [-0.39, 0.29) is 19.2 Å². The Balaban J connectivity index is 2.65. The van der Waals surface area contributed by atoms with E-state index in [0.717, 1.165) is 22.3 Å². The average Bonchev–Trinajstić information content (AvgIpc) is 2.90. The zero-order chi connectivity index (χ0) is 16.3. The van der Waals surface area contributed by atoms with Gasteiger partial charge in [-0.1, -0.05) is 11.6 Å². The van der Waals surface area contributed by atoms with Gasteiger partial charge in [0.25, 0.3) is 0 Å². The van der Waals surface area contributed by atoms with Crippen LogP contribution < -0.4 is 9.47 Å². The average molecular weight is 306 g/mol. The highest BCUT2D eigenvalue weighted by Gasteiger charge is 2.32. The molecule has 0 spiro atoms. The van der Waals surface area contributed by atoms with E-state index in [2.05, 4.69) is 0 Å². The highest BCUT2D eigenvalue weighted by molar-refractivity contribution is 5.98. The Morgan fingerprint density at radius 1 is 1.41 bits per heavy atom. The molecule has 1 heterocycles. The summed E-state index contributed by atoms with van der Waals surface area (Å²) < 4.78 is 16.5. The first-order chi connectivity index (χ1) is 10.5. The fraction of sp³-hybridized carbons (Fsp3) is 0.471. The summed E-state index contributed by atoms with van der Waals surface area (Å²) in [5.41, 5.74) is 3.90. The van der Waals surface area contributed by atoms with Crippen molar-refractivity contribution in [2.45, 2.75) is 33.8 Å². The Hall–Kier alpha value is -2.01. The second-order valence-corrected chi connectivity index (χ2v) is 5.24. The van der Waals surface area contributed by atoms with Gasteiger partial charge in [0, 0.05) is 11.1 Å². The predicted molar refractivity (Wildman–Crippen MR) is 82.6 cm³/mol. The lowest BCUT2D eigenvalue weighted by atomic mass is 9.95. The van der Waals surface area contributed by atoms with E-state index < -0.39 is 0 Å². The van der Waals surface area contributed by atoms with Gasteiger partial charge in [-0.2, -0.15) is 0 Å². The van der Waals surface area contributed by atoms with Crippen LogP contribution in [0.15, 0.2) is 11.6 Å². The number of aliphatic hydroxyl groups is 1. The summed E-state index contributed by atoms with van der Waals surface area (Å²) in [6, 6.07) is 0. The van der Waals surface area contributed by atoms with Crippen molar-refractivity contribution in [3.8, 4) is 11.5 Å². The zero-order valence-corrected chi connectivity index (χ0v) is 13.5. The van der Waals surface area contributed by atoms with Gasteiger partial charge in [-0.05, 0) is 32.8 Å². The molecule has 0 fully saturated rings. The molecule has 0 aromatic heterocycles. The molecule has 1 aliphatic heterocycles. The number of benzene rings is 1. The summed E-state index contributed by atoms with van der Waals surface area (Å²) in [5, 5.41) is 9.16. The Morgan fingerprint density at radius 2 is 2.14 bits per heavy atom. The lowest BCUT2D eigenvalue weighted by Crippen LogP contribution is -2.08. The van der Waals surface area contributed by atoms with Gasteiger partial charge in [-0.15, -0.1) is 0 Å². The van der Waals surface area contributed by atoms with Crippen LogP contribution in [-0.4, -0.2) is 31.4 Å². The molecule has 1 aromatic carbocycles. The van der Waals surface area contributed by atoms with Crippen LogP contribution in [0.1, 0.15) is 40.9 Å². The number of allylic oxidation sites excluding steroid dienone is 1. The summed E-state index contributed by atoms with van der Waals surface area (Å²) in [6.45, 7) is 6.34. The van der Waals surface area contributed by atoms with Crippen molar-refractivity contribution in [2.24, 2.45) is 0 Å². The number of fused-ring (bicyclic) bond motifs is 1. The van der Waals surface area contributed by atoms with Crippen molar-refractivity contribution in [1.29, 1.82) is 0 Å². The fourth-order valence-electron chi connectivity index (χ4n) is 2.65. The van der Waals surface area contributed by atoms with E-state index in [4.69, 9.17) is 19.3 Å². The van der Waals surface area contributed by atoms with Gasteiger partial charge in [0.1, 0.15) is 23.7 Å². The van der Waals surface area contributed by atoms with Gasteiger partial charge in [-0.3, -0.25) is 0 Å². The Labute approximate surface area is 130 Å². The minimum Gasteiger partial charge on any atom is -0.496 e. The number of ether oxygens (including phenoxy) is 3. The summed E-state index contributed by atoms with van der Waals surface area (Å²) in [7, 11) is 1.61. The number of rotatable bonds is 6. The zero-order valence-electron chi connectivity index (χ0n) is 13.5. The maximum absolute atomic E-state index is 12.1. The highest BCUT2D eigenvalue weighted by atomic mass is 16.5. The number of carbonyl (C=O) groups excluding carboxylic acids is 1. The molecule has 0 bridgehead atoms. The Kier molecular flexibility index (Phi) is 5.08. The van der Waals surface area contributed by atoms with E-state index >= 15 is 0 Å². The van der Waals surface area contributed by atoms with Crippen LogP contribution in [0.4, 0.5) is 0 Å². The number of hydrogen-bond donors (Lipinski definition) is 1. The van der Waals surface area contributed by atoms with Gasteiger partial charge in [0.15, 0.2) is 0 Å². The van der Waals surface area contributed by atoms with Crippen molar-refractivity contribution in [2.75, 3.05) is 20.3 Å². The predicted octanol–water partition coefficient (Wildman–Crippen LogP) is 2.55. The van der Waals surface area contributed by atoms with Crippen LogP contribution in [0.2, 0.25) is 0 Å². The van der Waals surface area contributed by atoms with Crippen LogP contribution in [0.5, 0.6) is 11.5 Å². The molecular weight excluding hydrogens is 284 g/mol. The first-order valence-electron chi connectivity index (χ1n) is 7.33. The van der Waals surface area contributed by atoms with Crippen LogP contribution in [0.3, 0.4) is 0 Å². The quantitative estimate of drug-likeness (QED) is 0.646. The molecule has 0 radical (unpaired) electrons. The molecule has 0 unspecified atom stereocenters. The van der Waals surface area contributed by atoms with Gasteiger partial charge < -0.3 is 19.3 Å². The molecule has 0 saturated heterocycles. The van der Waals surface area contributed by atoms with E-state index in [1.165, 1.54) is 0 Å². The molecule has 1 N–H and O–H groups in total. The fourth-order valence-corrected chi connectivity index (χ4v) is 2.65. The number of carbonyl (C=O) groups is 1. The molecule has 0 saturated carbocycles. The maximum atomic E-state index is 12.1. The van der Waals surface area contributed by atoms with Crippen LogP contribution in [0.25, 0.3) is 0 Å². The summed E-state index contributed by atoms with van der Waals surface area (Å²) >= 11 is 0. The van der Waals surface area contributed by atoms with Gasteiger partial charge in [-0.25, -0.2) is 4.79 Å². The van der Waals surface area contributed by atoms with Crippen LogP contribution in [0, 0.1) is 6.92 Å². The number of esters is 1. The van der Waals surface area contributed by atoms with E-state index in [1.807, 2.05) is 26.8 Å². The topological polar surface area (TPSA) is 65.0 Å². The van der Waals surface area contributed by atoms with Crippen molar-refractivity contribution in [3.05, 3.63) is 33.9 Å². The normalized spacial score (nSPS) is 13.9. The molecule has 22 heavy (non-hydrogen) atoms. The lowest BCUT2D eigenvalue weighted by molar-refractivity contribution is 0.0532. The number of methoxy groups -OCH3 is 1. The minimum absolute atomic E-state index is 0.00174. The van der Waals surface area contributed by atoms with Crippen molar-refractivity contribution in [1.82, 2.24) is 0 Å². The molecular formula is C17H22O5. The molecule has 2 rings (SSSR count). The second-order valence-electron chi connectivity index (χ2n) is 5.24. The maximum Gasteiger partial charge on any atom is 0.342 e. The third-order valence-corrected chi connectivity index (χ3v) is 3.82. The Bertz CT molecular complexity index is 616. The van der Waals surface area contributed by atoms with Gasteiger partial charge in [0.2, 0.25) is 0 Å². The molecule has 1 aromatic rings. The number of cyclic esters (lactones) is 1. The highest BCUT2D eigenvalue weighted by Crippen LogP contribution is 2.42. The van der Waals surface area contributed by atoms with Crippen molar-refractivity contribution < 1.29 is 24.1 Å². The summed E-state index contributed by atoms with van der Waals surface area (Å²) in [6.07, 6.45) is 2.43. The number of aliphatic hydroxyl groups excluding tert-OH is 1. The third-order valence-electron chi connectivity index (χ3n) is 3.82. The molecule has 0 aliphatic carbocycles. The molecule has 5 heteroatoms. The van der Waals surface area contributed by atoms with E-state index in [0.29, 0.717) is 30.1 Å². The minimum atomic E-state index is -0.353. The summed E-state index contributed by atoms with van der Waals surface area (Å²) in [5.74, 6) is 0.889.